The molecule has 1 aliphatic rings. The van der Waals surface area contributed by atoms with Gasteiger partial charge in [-0.15, -0.1) is 0 Å². The minimum Gasteiger partial charge on any atom is -0.325 e. The molecule has 16 heavy (non-hydrogen) atoms. The molecule has 1 saturated carbocycles. The highest BCUT2D eigenvalue weighted by molar-refractivity contribution is 5.27. The monoisotopic (exact) mass is 217 g/mol. The maximum atomic E-state index is 6.09. The summed E-state index contributed by atoms with van der Waals surface area (Å²) in [6.45, 7) is 6.75. The van der Waals surface area contributed by atoms with Crippen molar-refractivity contribution in [2.75, 3.05) is 0 Å². The number of rotatable bonds is 3. The molecule has 88 valence electrons. The zero-order valence-electron chi connectivity index (χ0n) is 10.7. The van der Waals surface area contributed by atoms with Crippen molar-refractivity contribution in [3.8, 4) is 0 Å². The van der Waals surface area contributed by atoms with E-state index in [1.807, 2.05) is 0 Å². The Morgan fingerprint density at radius 1 is 1.12 bits per heavy atom. The number of benzene rings is 1. The van der Waals surface area contributed by atoms with Crippen LogP contribution in [0.2, 0.25) is 0 Å². The SMILES string of the molecule is CC(C)(C)c1ccc(CCC2(N)CC2)cc1. The van der Waals surface area contributed by atoms with E-state index in [2.05, 4.69) is 45.0 Å². The standard InChI is InChI=1S/C15H23N/c1-14(2,3)13-6-4-12(5-7-13)8-9-15(16)10-11-15/h4-7H,8-11,16H2,1-3H3. The lowest BCUT2D eigenvalue weighted by molar-refractivity contribution is 0.588. The minimum atomic E-state index is 0.183. The molecular weight excluding hydrogens is 194 g/mol. The van der Waals surface area contributed by atoms with E-state index < -0.39 is 0 Å². The van der Waals surface area contributed by atoms with Crippen LogP contribution in [0.3, 0.4) is 0 Å². The third kappa shape index (κ3) is 2.85. The summed E-state index contributed by atoms with van der Waals surface area (Å²) in [6, 6.07) is 9.02. The van der Waals surface area contributed by atoms with Gasteiger partial charge in [0.2, 0.25) is 0 Å². The van der Waals surface area contributed by atoms with E-state index >= 15 is 0 Å². The average Bonchev–Trinajstić information content (AvgIpc) is 2.94. The predicted molar refractivity (Wildman–Crippen MR) is 69.6 cm³/mol. The lowest BCUT2D eigenvalue weighted by Crippen LogP contribution is -2.22. The summed E-state index contributed by atoms with van der Waals surface area (Å²) in [6.07, 6.45) is 4.70. The second-order valence-electron chi connectivity index (χ2n) is 6.31. The molecule has 0 saturated heterocycles. The number of nitrogens with two attached hydrogens (primary N) is 1. The molecule has 0 unspecified atom stereocenters. The van der Waals surface area contributed by atoms with E-state index in [9.17, 15) is 0 Å². The van der Waals surface area contributed by atoms with Crippen molar-refractivity contribution in [1.82, 2.24) is 0 Å². The smallest absolute Gasteiger partial charge is 0.0158 e. The molecule has 2 rings (SSSR count). The van der Waals surface area contributed by atoms with E-state index in [1.54, 1.807) is 0 Å². The van der Waals surface area contributed by atoms with Crippen molar-refractivity contribution in [3.63, 3.8) is 0 Å². The highest BCUT2D eigenvalue weighted by Gasteiger charge is 2.37. The molecule has 0 amide bonds. The van der Waals surface area contributed by atoms with Gasteiger partial charge in [0.25, 0.3) is 0 Å². The zero-order valence-corrected chi connectivity index (χ0v) is 10.7. The maximum Gasteiger partial charge on any atom is 0.0158 e. The van der Waals surface area contributed by atoms with Crippen LogP contribution in [0.5, 0.6) is 0 Å². The third-order valence-corrected chi connectivity index (χ3v) is 3.62. The van der Waals surface area contributed by atoms with Crippen molar-refractivity contribution in [3.05, 3.63) is 35.4 Å². The average molecular weight is 217 g/mol. The van der Waals surface area contributed by atoms with Crippen LogP contribution in [0.15, 0.2) is 24.3 Å². The Bertz CT molecular complexity index is 352. The second-order valence-corrected chi connectivity index (χ2v) is 6.31. The Hall–Kier alpha value is -0.820. The van der Waals surface area contributed by atoms with Gasteiger partial charge in [0, 0.05) is 5.54 Å². The first-order valence-corrected chi connectivity index (χ1v) is 6.27. The van der Waals surface area contributed by atoms with Crippen LogP contribution in [0.1, 0.15) is 51.2 Å². The van der Waals surface area contributed by atoms with E-state index in [4.69, 9.17) is 5.73 Å². The van der Waals surface area contributed by atoms with Crippen LogP contribution < -0.4 is 5.73 Å². The number of aryl methyl sites for hydroxylation is 1. The zero-order chi connectivity index (χ0) is 11.8. The first-order valence-electron chi connectivity index (χ1n) is 6.27. The number of hydrogen-bond acceptors (Lipinski definition) is 1. The molecule has 1 aliphatic carbocycles. The quantitative estimate of drug-likeness (QED) is 0.825. The first-order chi connectivity index (χ1) is 7.39. The molecule has 2 N–H and O–H groups in total. The summed E-state index contributed by atoms with van der Waals surface area (Å²) in [5.74, 6) is 0. The molecule has 1 fully saturated rings. The summed E-state index contributed by atoms with van der Waals surface area (Å²) in [5.41, 5.74) is 9.36. The van der Waals surface area contributed by atoms with Crippen molar-refractivity contribution >= 4 is 0 Å². The summed E-state index contributed by atoms with van der Waals surface area (Å²) in [4.78, 5) is 0. The van der Waals surface area contributed by atoms with Gasteiger partial charge in [0.1, 0.15) is 0 Å². The highest BCUT2D eigenvalue weighted by atomic mass is 14.8. The van der Waals surface area contributed by atoms with Crippen LogP contribution in [-0.2, 0) is 11.8 Å². The van der Waals surface area contributed by atoms with Crippen LogP contribution in [0.4, 0.5) is 0 Å². The topological polar surface area (TPSA) is 26.0 Å². The van der Waals surface area contributed by atoms with Crippen molar-refractivity contribution in [2.24, 2.45) is 5.73 Å². The fraction of sp³-hybridized carbons (Fsp3) is 0.600. The van der Waals surface area contributed by atoms with Gasteiger partial charge in [0.15, 0.2) is 0 Å². The molecular formula is C15H23N. The molecule has 1 heteroatoms. The van der Waals surface area contributed by atoms with E-state index in [-0.39, 0.29) is 11.0 Å². The van der Waals surface area contributed by atoms with Gasteiger partial charge in [-0.1, -0.05) is 45.0 Å². The Labute approximate surface area is 99.0 Å². The van der Waals surface area contributed by atoms with Gasteiger partial charge in [-0.05, 0) is 42.2 Å². The summed E-state index contributed by atoms with van der Waals surface area (Å²) in [5, 5.41) is 0. The molecule has 1 nitrogen and oxygen atoms in total. The molecule has 0 atom stereocenters. The van der Waals surface area contributed by atoms with Gasteiger partial charge in [-0.3, -0.25) is 0 Å². The summed E-state index contributed by atoms with van der Waals surface area (Å²) >= 11 is 0. The van der Waals surface area contributed by atoms with Crippen LogP contribution >= 0.6 is 0 Å². The van der Waals surface area contributed by atoms with Gasteiger partial charge in [-0.2, -0.15) is 0 Å². The number of hydrogen-bond donors (Lipinski definition) is 1. The molecule has 1 aromatic rings. The normalized spacial score (nSPS) is 18.5. The lowest BCUT2D eigenvalue weighted by Gasteiger charge is -2.19. The highest BCUT2D eigenvalue weighted by Crippen LogP contribution is 2.36. The molecule has 0 bridgehead atoms. The minimum absolute atomic E-state index is 0.183. The van der Waals surface area contributed by atoms with Gasteiger partial charge < -0.3 is 5.73 Å². The summed E-state index contributed by atoms with van der Waals surface area (Å²) < 4.78 is 0. The lowest BCUT2D eigenvalue weighted by atomic mass is 9.86. The Balaban J connectivity index is 1.96. The van der Waals surface area contributed by atoms with E-state index in [0.29, 0.717) is 0 Å². The second kappa shape index (κ2) is 3.89. The maximum absolute atomic E-state index is 6.09. The predicted octanol–water partition coefficient (Wildman–Crippen LogP) is 3.41. The Kier molecular flexibility index (Phi) is 2.83. The third-order valence-electron chi connectivity index (χ3n) is 3.62. The fourth-order valence-corrected chi connectivity index (χ4v) is 1.98. The molecule has 0 aromatic heterocycles. The van der Waals surface area contributed by atoms with Gasteiger partial charge in [0.05, 0.1) is 0 Å². The van der Waals surface area contributed by atoms with Crippen LogP contribution in [0.25, 0.3) is 0 Å². The fourth-order valence-electron chi connectivity index (χ4n) is 1.98. The van der Waals surface area contributed by atoms with Gasteiger partial charge in [-0.25, -0.2) is 0 Å². The van der Waals surface area contributed by atoms with Crippen LogP contribution in [-0.4, -0.2) is 5.54 Å². The first kappa shape index (κ1) is 11.7. The Morgan fingerprint density at radius 2 is 1.69 bits per heavy atom. The van der Waals surface area contributed by atoms with Crippen molar-refractivity contribution < 1.29 is 0 Å². The summed E-state index contributed by atoms with van der Waals surface area (Å²) in [7, 11) is 0. The largest absolute Gasteiger partial charge is 0.325 e. The molecule has 0 spiro atoms. The molecule has 0 heterocycles. The van der Waals surface area contributed by atoms with E-state index in [1.165, 1.54) is 24.0 Å². The molecule has 0 aliphatic heterocycles. The van der Waals surface area contributed by atoms with Crippen molar-refractivity contribution in [2.45, 2.75) is 57.4 Å². The van der Waals surface area contributed by atoms with Crippen molar-refractivity contribution in [1.29, 1.82) is 0 Å². The van der Waals surface area contributed by atoms with E-state index in [0.717, 1.165) is 12.8 Å². The molecule has 0 radical (unpaired) electrons. The van der Waals surface area contributed by atoms with Gasteiger partial charge >= 0.3 is 0 Å². The van der Waals surface area contributed by atoms with Crippen LogP contribution in [0, 0.1) is 0 Å². The molecule has 1 aromatic carbocycles. The Morgan fingerprint density at radius 3 is 2.12 bits per heavy atom.